The topological polar surface area (TPSA) is 63.7 Å². The molecule has 2 aromatic rings. The molecule has 1 fully saturated rings. The van der Waals surface area contributed by atoms with Crippen molar-refractivity contribution in [1.29, 1.82) is 0 Å². The van der Waals surface area contributed by atoms with Crippen LogP contribution in [0.1, 0.15) is 23.2 Å². The van der Waals surface area contributed by atoms with Crippen molar-refractivity contribution in [2.24, 2.45) is 0 Å². The second kappa shape index (κ2) is 7.61. The molecular formula is C18H20ClN3O3. The molecule has 0 spiro atoms. The third-order valence-corrected chi connectivity index (χ3v) is 4.46. The lowest BCUT2D eigenvalue weighted by Gasteiger charge is -2.17. The van der Waals surface area contributed by atoms with Gasteiger partial charge in [0.15, 0.2) is 0 Å². The Hall–Kier alpha value is -2.47. The summed E-state index contributed by atoms with van der Waals surface area (Å²) in [7, 11) is 3.04. The summed E-state index contributed by atoms with van der Waals surface area (Å²) in [6.07, 6.45) is 3.96. The molecule has 1 aromatic heterocycles. The lowest BCUT2D eigenvalue weighted by molar-refractivity contribution is 0.102. The Balaban J connectivity index is 1.84. The second-order valence-electron chi connectivity index (χ2n) is 5.74. The van der Waals surface area contributed by atoms with Crippen LogP contribution in [0, 0.1) is 0 Å². The first-order chi connectivity index (χ1) is 12.1. The molecule has 0 saturated carbocycles. The van der Waals surface area contributed by atoms with Crippen LogP contribution in [0.15, 0.2) is 30.5 Å². The van der Waals surface area contributed by atoms with Crippen LogP contribution < -0.4 is 19.7 Å². The predicted octanol–water partition coefficient (Wildman–Crippen LogP) is 3.60. The number of methoxy groups -OCH3 is 2. The first-order valence-electron chi connectivity index (χ1n) is 8.06. The first kappa shape index (κ1) is 17.4. The highest BCUT2D eigenvalue weighted by Crippen LogP contribution is 2.36. The van der Waals surface area contributed by atoms with Crippen LogP contribution in [0.4, 0.5) is 11.5 Å². The van der Waals surface area contributed by atoms with Crippen molar-refractivity contribution in [3.05, 3.63) is 41.0 Å². The number of carbonyl (C=O) groups is 1. The largest absolute Gasteiger partial charge is 0.495 e. The van der Waals surface area contributed by atoms with E-state index in [1.165, 1.54) is 14.2 Å². The van der Waals surface area contributed by atoms with E-state index in [0.717, 1.165) is 31.7 Å². The number of anilines is 2. The van der Waals surface area contributed by atoms with Gasteiger partial charge < -0.3 is 19.7 Å². The Bertz CT molecular complexity index is 776. The third kappa shape index (κ3) is 3.79. The fraction of sp³-hybridized carbons (Fsp3) is 0.333. The molecule has 0 aliphatic carbocycles. The number of nitrogens with zero attached hydrogens (tertiary/aromatic N) is 2. The Morgan fingerprint density at radius 1 is 1.16 bits per heavy atom. The van der Waals surface area contributed by atoms with Gasteiger partial charge in [0, 0.05) is 37.0 Å². The van der Waals surface area contributed by atoms with Gasteiger partial charge in [0.05, 0.1) is 24.9 Å². The van der Waals surface area contributed by atoms with Gasteiger partial charge in [-0.2, -0.15) is 0 Å². The fourth-order valence-corrected chi connectivity index (χ4v) is 3.06. The van der Waals surface area contributed by atoms with Gasteiger partial charge in [-0.25, -0.2) is 4.98 Å². The molecule has 132 valence electrons. The molecule has 1 saturated heterocycles. The van der Waals surface area contributed by atoms with E-state index in [2.05, 4.69) is 15.2 Å². The molecule has 6 nitrogen and oxygen atoms in total. The Morgan fingerprint density at radius 3 is 2.56 bits per heavy atom. The number of ether oxygens (including phenoxy) is 2. The molecule has 0 atom stereocenters. The Morgan fingerprint density at radius 2 is 1.88 bits per heavy atom. The van der Waals surface area contributed by atoms with E-state index in [0.29, 0.717) is 27.8 Å². The van der Waals surface area contributed by atoms with Gasteiger partial charge >= 0.3 is 0 Å². The zero-order valence-corrected chi connectivity index (χ0v) is 15.0. The van der Waals surface area contributed by atoms with E-state index in [4.69, 9.17) is 21.1 Å². The maximum atomic E-state index is 12.6. The quantitative estimate of drug-likeness (QED) is 0.881. The van der Waals surface area contributed by atoms with Crippen molar-refractivity contribution in [2.75, 3.05) is 37.5 Å². The minimum atomic E-state index is -0.245. The normalized spacial score (nSPS) is 13.6. The molecule has 3 rings (SSSR count). The predicted molar refractivity (Wildman–Crippen MR) is 98.2 cm³/mol. The Labute approximate surface area is 151 Å². The average molecular weight is 362 g/mol. The van der Waals surface area contributed by atoms with E-state index in [1.807, 2.05) is 0 Å². The molecule has 1 amide bonds. The number of aromatic nitrogens is 1. The number of hydrogen-bond donors (Lipinski definition) is 1. The van der Waals surface area contributed by atoms with Crippen LogP contribution in [0.5, 0.6) is 11.5 Å². The number of rotatable bonds is 5. The van der Waals surface area contributed by atoms with E-state index in [-0.39, 0.29) is 5.91 Å². The summed E-state index contributed by atoms with van der Waals surface area (Å²) >= 11 is 6.10. The molecule has 1 N–H and O–H groups in total. The van der Waals surface area contributed by atoms with Crippen LogP contribution in [-0.2, 0) is 0 Å². The van der Waals surface area contributed by atoms with Crippen LogP contribution >= 0.6 is 11.6 Å². The number of amides is 1. The monoisotopic (exact) mass is 361 g/mol. The average Bonchev–Trinajstić information content (AvgIpc) is 3.17. The van der Waals surface area contributed by atoms with Gasteiger partial charge in [0.25, 0.3) is 5.91 Å². The highest BCUT2D eigenvalue weighted by Gasteiger charge is 2.17. The summed E-state index contributed by atoms with van der Waals surface area (Å²) in [5.41, 5.74) is 1.03. The number of nitrogens with one attached hydrogen (secondary N) is 1. The van der Waals surface area contributed by atoms with Crippen molar-refractivity contribution in [1.82, 2.24) is 4.98 Å². The van der Waals surface area contributed by atoms with Crippen LogP contribution in [0.3, 0.4) is 0 Å². The van der Waals surface area contributed by atoms with Gasteiger partial charge in [-0.05, 0) is 25.0 Å². The summed E-state index contributed by atoms with van der Waals surface area (Å²) < 4.78 is 10.5. The zero-order chi connectivity index (χ0) is 17.8. The maximum Gasteiger partial charge on any atom is 0.255 e. The number of carbonyl (C=O) groups excluding carboxylic acids is 1. The third-order valence-electron chi connectivity index (χ3n) is 4.16. The molecular weight excluding hydrogens is 342 g/mol. The molecule has 25 heavy (non-hydrogen) atoms. The van der Waals surface area contributed by atoms with Crippen LogP contribution in [0.25, 0.3) is 0 Å². The molecule has 0 bridgehead atoms. The number of pyridine rings is 1. The highest BCUT2D eigenvalue weighted by molar-refractivity contribution is 6.32. The first-order valence-corrected chi connectivity index (χ1v) is 8.44. The number of halogens is 1. The van der Waals surface area contributed by atoms with Gasteiger partial charge in [-0.1, -0.05) is 11.6 Å². The fourth-order valence-electron chi connectivity index (χ4n) is 2.83. The lowest BCUT2D eigenvalue weighted by atomic mass is 10.2. The second-order valence-corrected chi connectivity index (χ2v) is 6.15. The summed E-state index contributed by atoms with van der Waals surface area (Å²) in [6.45, 7) is 1.94. The molecule has 0 radical (unpaired) electrons. The van der Waals surface area contributed by atoms with Gasteiger partial charge in [-0.3, -0.25) is 4.79 Å². The van der Waals surface area contributed by atoms with Crippen molar-refractivity contribution in [3.63, 3.8) is 0 Å². The SMILES string of the molecule is COc1cc(NC(=O)c2ccnc(N3CCCC3)c2)c(OC)cc1Cl. The minimum Gasteiger partial charge on any atom is -0.495 e. The maximum absolute atomic E-state index is 12.6. The van der Waals surface area contributed by atoms with Crippen LogP contribution in [-0.4, -0.2) is 38.2 Å². The van der Waals surface area contributed by atoms with Crippen molar-refractivity contribution < 1.29 is 14.3 Å². The Kier molecular flexibility index (Phi) is 5.28. The van der Waals surface area contributed by atoms with Crippen molar-refractivity contribution >= 4 is 29.0 Å². The smallest absolute Gasteiger partial charge is 0.255 e. The molecule has 2 heterocycles. The summed E-state index contributed by atoms with van der Waals surface area (Å²) in [4.78, 5) is 19.2. The van der Waals surface area contributed by atoms with Gasteiger partial charge in [0.2, 0.25) is 0 Å². The summed E-state index contributed by atoms with van der Waals surface area (Å²) in [6, 6.07) is 6.74. The standard InChI is InChI=1S/C18H20ClN3O3/c1-24-15-11-14(16(25-2)10-13(15)19)21-18(23)12-5-6-20-17(9-12)22-7-3-4-8-22/h5-6,9-11H,3-4,7-8H2,1-2H3,(H,21,23). The highest BCUT2D eigenvalue weighted by atomic mass is 35.5. The molecule has 0 unspecified atom stereocenters. The number of hydrogen-bond acceptors (Lipinski definition) is 5. The molecule has 1 aliphatic heterocycles. The number of benzene rings is 1. The minimum absolute atomic E-state index is 0.245. The van der Waals surface area contributed by atoms with Crippen LogP contribution in [0.2, 0.25) is 5.02 Å². The summed E-state index contributed by atoms with van der Waals surface area (Å²) in [5.74, 6) is 1.51. The van der Waals surface area contributed by atoms with E-state index < -0.39 is 0 Å². The van der Waals surface area contributed by atoms with E-state index in [9.17, 15) is 4.79 Å². The lowest BCUT2D eigenvalue weighted by Crippen LogP contribution is -2.20. The molecule has 1 aliphatic rings. The summed E-state index contributed by atoms with van der Waals surface area (Å²) in [5, 5.41) is 3.26. The van der Waals surface area contributed by atoms with Gasteiger partial charge in [-0.15, -0.1) is 0 Å². The van der Waals surface area contributed by atoms with Crippen molar-refractivity contribution in [3.8, 4) is 11.5 Å². The van der Waals surface area contributed by atoms with Crippen molar-refractivity contribution in [2.45, 2.75) is 12.8 Å². The van der Waals surface area contributed by atoms with E-state index >= 15 is 0 Å². The van der Waals surface area contributed by atoms with Gasteiger partial charge in [0.1, 0.15) is 17.3 Å². The molecule has 7 heteroatoms. The molecule has 1 aromatic carbocycles. The zero-order valence-electron chi connectivity index (χ0n) is 14.2. The van der Waals surface area contributed by atoms with E-state index in [1.54, 1.807) is 30.5 Å².